The molecule has 2 N–H and O–H groups in total. The number of aromatic nitrogens is 2. The monoisotopic (exact) mass is 330 g/mol. The molecule has 2 aromatic rings. The minimum atomic E-state index is -0.561. The highest BCUT2D eigenvalue weighted by molar-refractivity contribution is 5.93. The highest BCUT2D eigenvalue weighted by Gasteiger charge is 2.11. The molecule has 0 spiro atoms. The topological polar surface area (TPSA) is 87.3 Å². The number of amides is 1. The lowest BCUT2D eigenvalue weighted by Gasteiger charge is -2.10. The summed E-state index contributed by atoms with van der Waals surface area (Å²) in [7, 11) is 5.52. The van der Waals surface area contributed by atoms with Gasteiger partial charge in [0.25, 0.3) is 5.91 Å². The van der Waals surface area contributed by atoms with E-state index in [0.29, 0.717) is 23.6 Å². The van der Waals surface area contributed by atoms with Crippen LogP contribution in [0.5, 0.6) is 5.75 Å². The van der Waals surface area contributed by atoms with Crippen molar-refractivity contribution in [2.45, 2.75) is 6.42 Å². The van der Waals surface area contributed by atoms with E-state index < -0.39 is 5.69 Å². The van der Waals surface area contributed by atoms with Gasteiger partial charge in [-0.15, -0.1) is 0 Å². The van der Waals surface area contributed by atoms with Gasteiger partial charge in [-0.3, -0.25) is 4.79 Å². The zero-order valence-electron chi connectivity index (χ0n) is 14.1. The predicted octanol–water partition coefficient (Wildman–Crippen LogP) is 1.13. The Hall–Kier alpha value is -2.67. The molecule has 0 atom stereocenters. The molecule has 0 aliphatic carbocycles. The van der Waals surface area contributed by atoms with Crippen molar-refractivity contribution in [3.05, 3.63) is 46.5 Å². The standard InChI is InChI=1S/C17H22N4O3/c1-21(2)9-5-8-18-16(22)15-11-14(19-17(23)20-15)12-6-4-7-13(10-12)24-3/h4,6-7,10-11H,5,8-9H2,1-3H3,(H,18,22)(H,19,20,23). The fraction of sp³-hybridized carbons (Fsp3) is 0.353. The summed E-state index contributed by atoms with van der Waals surface area (Å²) in [4.78, 5) is 32.4. The second-order valence-corrected chi connectivity index (χ2v) is 5.63. The summed E-state index contributed by atoms with van der Waals surface area (Å²) >= 11 is 0. The van der Waals surface area contributed by atoms with Crippen LogP contribution in [0, 0.1) is 0 Å². The highest BCUT2D eigenvalue weighted by atomic mass is 16.5. The first-order chi connectivity index (χ1) is 11.5. The Bertz CT molecular complexity index is 755. The van der Waals surface area contributed by atoms with E-state index in [1.807, 2.05) is 25.1 Å². The Morgan fingerprint density at radius 1 is 1.33 bits per heavy atom. The molecule has 0 saturated heterocycles. The molecule has 0 bridgehead atoms. The molecule has 0 fully saturated rings. The molecule has 1 aromatic heterocycles. The number of hydrogen-bond acceptors (Lipinski definition) is 5. The Labute approximate surface area is 140 Å². The Kier molecular flexibility index (Phi) is 6.08. The second-order valence-electron chi connectivity index (χ2n) is 5.63. The fourth-order valence-electron chi connectivity index (χ4n) is 2.20. The lowest BCUT2D eigenvalue weighted by molar-refractivity contribution is 0.0947. The average molecular weight is 330 g/mol. The second kappa shape index (κ2) is 8.26. The van der Waals surface area contributed by atoms with Crippen LogP contribution in [0.15, 0.2) is 35.1 Å². The van der Waals surface area contributed by atoms with E-state index in [-0.39, 0.29) is 11.6 Å². The number of hydrogen-bond donors (Lipinski definition) is 2. The number of benzene rings is 1. The van der Waals surface area contributed by atoms with Crippen LogP contribution in [-0.4, -0.2) is 55.1 Å². The maximum Gasteiger partial charge on any atom is 0.346 e. The number of rotatable bonds is 7. The third-order valence-electron chi connectivity index (χ3n) is 3.42. The number of carbonyl (C=O) groups is 1. The number of H-pyrrole nitrogens is 1. The fourth-order valence-corrected chi connectivity index (χ4v) is 2.20. The van der Waals surface area contributed by atoms with E-state index in [2.05, 4.69) is 15.3 Å². The number of nitrogens with zero attached hydrogens (tertiary/aromatic N) is 2. The van der Waals surface area contributed by atoms with Crippen molar-refractivity contribution in [3.8, 4) is 17.0 Å². The van der Waals surface area contributed by atoms with Gasteiger partial charge in [0.05, 0.1) is 12.8 Å². The van der Waals surface area contributed by atoms with Gasteiger partial charge in [0.2, 0.25) is 0 Å². The van der Waals surface area contributed by atoms with Crippen molar-refractivity contribution in [2.75, 3.05) is 34.3 Å². The quantitative estimate of drug-likeness (QED) is 0.743. The number of ether oxygens (including phenoxy) is 1. The van der Waals surface area contributed by atoms with Crippen molar-refractivity contribution in [1.82, 2.24) is 20.2 Å². The number of carbonyl (C=O) groups excluding carboxylic acids is 1. The maximum atomic E-state index is 12.2. The molecular formula is C17H22N4O3. The van der Waals surface area contributed by atoms with Crippen molar-refractivity contribution < 1.29 is 9.53 Å². The molecule has 7 nitrogen and oxygen atoms in total. The average Bonchev–Trinajstić information content (AvgIpc) is 2.57. The van der Waals surface area contributed by atoms with E-state index in [0.717, 1.165) is 13.0 Å². The van der Waals surface area contributed by atoms with Crippen LogP contribution in [0.1, 0.15) is 16.9 Å². The van der Waals surface area contributed by atoms with Gasteiger partial charge >= 0.3 is 5.69 Å². The first-order valence-electron chi connectivity index (χ1n) is 7.68. The summed E-state index contributed by atoms with van der Waals surface area (Å²) < 4.78 is 5.17. The Morgan fingerprint density at radius 2 is 2.12 bits per heavy atom. The van der Waals surface area contributed by atoms with E-state index in [9.17, 15) is 9.59 Å². The summed E-state index contributed by atoms with van der Waals surface area (Å²) in [5.41, 5.74) is 0.768. The molecule has 0 unspecified atom stereocenters. The SMILES string of the molecule is COc1cccc(-c2cc(C(=O)NCCCN(C)C)[nH]c(=O)n2)c1. The van der Waals surface area contributed by atoms with Crippen molar-refractivity contribution in [1.29, 1.82) is 0 Å². The molecule has 1 aromatic carbocycles. The Morgan fingerprint density at radius 3 is 2.83 bits per heavy atom. The van der Waals surface area contributed by atoms with Crippen LogP contribution in [0.2, 0.25) is 0 Å². The van der Waals surface area contributed by atoms with Gasteiger partial charge < -0.3 is 19.9 Å². The smallest absolute Gasteiger partial charge is 0.346 e. The molecule has 0 saturated carbocycles. The first kappa shape index (κ1) is 17.7. The predicted molar refractivity (Wildman–Crippen MR) is 92.3 cm³/mol. The van der Waals surface area contributed by atoms with Crippen molar-refractivity contribution in [3.63, 3.8) is 0 Å². The number of aromatic amines is 1. The third kappa shape index (κ3) is 4.92. The van der Waals surface area contributed by atoms with Gasteiger partial charge in [0.1, 0.15) is 11.4 Å². The van der Waals surface area contributed by atoms with Crippen molar-refractivity contribution in [2.24, 2.45) is 0 Å². The minimum Gasteiger partial charge on any atom is -0.497 e. The molecular weight excluding hydrogens is 308 g/mol. The molecule has 0 aliphatic heterocycles. The molecule has 1 heterocycles. The van der Waals surface area contributed by atoms with Gasteiger partial charge in [-0.1, -0.05) is 12.1 Å². The normalized spacial score (nSPS) is 10.7. The van der Waals surface area contributed by atoms with Crippen LogP contribution in [0.3, 0.4) is 0 Å². The lowest BCUT2D eigenvalue weighted by Crippen LogP contribution is -2.29. The van der Waals surface area contributed by atoms with Gasteiger partial charge in [-0.05, 0) is 45.3 Å². The largest absolute Gasteiger partial charge is 0.497 e. The summed E-state index contributed by atoms with van der Waals surface area (Å²) in [5.74, 6) is 0.335. The van der Waals surface area contributed by atoms with Crippen LogP contribution in [0.4, 0.5) is 0 Å². The molecule has 2 rings (SSSR count). The zero-order chi connectivity index (χ0) is 17.5. The molecule has 1 amide bonds. The summed E-state index contributed by atoms with van der Waals surface area (Å²) in [6, 6.07) is 8.74. The maximum absolute atomic E-state index is 12.2. The molecule has 128 valence electrons. The molecule has 0 aliphatic rings. The van der Waals surface area contributed by atoms with Gasteiger partial charge in [0.15, 0.2) is 0 Å². The van der Waals surface area contributed by atoms with Crippen LogP contribution < -0.4 is 15.7 Å². The van der Waals surface area contributed by atoms with Gasteiger partial charge in [-0.25, -0.2) is 4.79 Å². The minimum absolute atomic E-state index is 0.192. The van der Waals surface area contributed by atoms with Crippen LogP contribution in [0.25, 0.3) is 11.3 Å². The summed E-state index contributed by atoms with van der Waals surface area (Å²) in [6.07, 6.45) is 0.830. The van der Waals surface area contributed by atoms with E-state index in [1.54, 1.807) is 31.4 Å². The molecule has 24 heavy (non-hydrogen) atoms. The first-order valence-corrected chi connectivity index (χ1v) is 7.68. The van der Waals surface area contributed by atoms with E-state index >= 15 is 0 Å². The van der Waals surface area contributed by atoms with E-state index in [4.69, 9.17) is 4.74 Å². The molecule has 7 heteroatoms. The lowest BCUT2D eigenvalue weighted by atomic mass is 10.1. The van der Waals surface area contributed by atoms with Gasteiger partial charge in [0, 0.05) is 12.1 Å². The van der Waals surface area contributed by atoms with Crippen LogP contribution in [-0.2, 0) is 0 Å². The summed E-state index contributed by atoms with van der Waals surface area (Å²) in [6.45, 7) is 1.41. The van der Waals surface area contributed by atoms with Crippen LogP contribution >= 0.6 is 0 Å². The number of methoxy groups -OCH3 is 1. The molecule has 0 radical (unpaired) electrons. The zero-order valence-corrected chi connectivity index (χ0v) is 14.1. The number of nitrogens with one attached hydrogen (secondary N) is 2. The summed E-state index contributed by atoms with van der Waals surface area (Å²) in [5, 5.41) is 2.79. The van der Waals surface area contributed by atoms with E-state index in [1.165, 1.54) is 0 Å². The highest BCUT2D eigenvalue weighted by Crippen LogP contribution is 2.21. The third-order valence-corrected chi connectivity index (χ3v) is 3.42. The van der Waals surface area contributed by atoms with Crippen molar-refractivity contribution >= 4 is 5.91 Å². The van der Waals surface area contributed by atoms with Gasteiger partial charge in [-0.2, -0.15) is 4.98 Å². The Balaban J connectivity index is 2.16.